The summed E-state index contributed by atoms with van der Waals surface area (Å²) in [6.45, 7) is 1.56. The van der Waals surface area contributed by atoms with Crippen LogP contribution in [0, 0.1) is 0 Å². The van der Waals surface area contributed by atoms with Crippen LogP contribution in [0.2, 0.25) is 0 Å². The van der Waals surface area contributed by atoms with Crippen LogP contribution in [0.15, 0.2) is 24.5 Å². The van der Waals surface area contributed by atoms with E-state index in [-0.39, 0.29) is 0 Å². The molecule has 0 bridgehead atoms. The maximum atomic E-state index is 11.0. The van der Waals surface area contributed by atoms with Gasteiger partial charge < -0.3 is 19.3 Å². The lowest BCUT2D eigenvalue weighted by molar-refractivity contribution is -0.140. The summed E-state index contributed by atoms with van der Waals surface area (Å²) in [5.74, 6) is 0.603. The predicted molar refractivity (Wildman–Crippen MR) is 79.7 cm³/mol. The molecule has 118 valence electrons. The van der Waals surface area contributed by atoms with Crippen LogP contribution in [0.1, 0.15) is 13.0 Å². The van der Waals surface area contributed by atoms with E-state index >= 15 is 0 Å². The van der Waals surface area contributed by atoms with Gasteiger partial charge in [-0.05, 0) is 24.6 Å². The molecule has 0 aliphatic heterocycles. The van der Waals surface area contributed by atoms with Crippen LogP contribution in [0.5, 0.6) is 17.2 Å². The zero-order valence-electron chi connectivity index (χ0n) is 12.9. The number of carbonyl (C=O) groups is 1. The second kappa shape index (κ2) is 6.38. The maximum absolute atomic E-state index is 11.0. The molecule has 1 N–H and O–H groups in total. The summed E-state index contributed by atoms with van der Waals surface area (Å²) in [5, 5.41) is 13.1. The van der Waals surface area contributed by atoms with Crippen molar-refractivity contribution in [3.63, 3.8) is 0 Å². The maximum Gasteiger partial charge on any atom is 0.328 e. The minimum Gasteiger partial charge on any atom is -0.493 e. The van der Waals surface area contributed by atoms with Crippen molar-refractivity contribution in [1.82, 2.24) is 9.78 Å². The number of benzene rings is 1. The van der Waals surface area contributed by atoms with Crippen molar-refractivity contribution in [3.8, 4) is 28.4 Å². The highest BCUT2D eigenvalue weighted by atomic mass is 16.5. The van der Waals surface area contributed by atoms with E-state index in [0.717, 1.165) is 11.1 Å². The largest absolute Gasteiger partial charge is 0.493 e. The molecule has 0 saturated heterocycles. The molecule has 1 aromatic carbocycles. The molecule has 1 heterocycles. The SMILES string of the molecule is COc1cc(-c2cnn([C@H](C)C(=O)O)c2)cc(OC)c1OC. The number of hydrogen-bond acceptors (Lipinski definition) is 5. The first-order valence-corrected chi connectivity index (χ1v) is 6.59. The third-order valence-corrected chi connectivity index (χ3v) is 3.35. The Morgan fingerprint density at radius 2 is 1.73 bits per heavy atom. The summed E-state index contributed by atoms with van der Waals surface area (Å²) < 4.78 is 17.3. The van der Waals surface area contributed by atoms with Gasteiger partial charge in [0, 0.05) is 11.8 Å². The minimum absolute atomic E-state index is 0.500. The normalized spacial score (nSPS) is 11.8. The first kappa shape index (κ1) is 15.7. The van der Waals surface area contributed by atoms with E-state index in [1.165, 1.54) is 26.0 Å². The highest BCUT2D eigenvalue weighted by Crippen LogP contribution is 2.41. The van der Waals surface area contributed by atoms with Crippen LogP contribution in [0.25, 0.3) is 11.1 Å². The molecule has 1 atom stereocenters. The van der Waals surface area contributed by atoms with Crippen molar-refractivity contribution in [2.75, 3.05) is 21.3 Å². The van der Waals surface area contributed by atoms with Crippen LogP contribution in [0.4, 0.5) is 0 Å². The summed E-state index contributed by atoms with van der Waals surface area (Å²) in [6.07, 6.45) is 3.26. The topological polar surface area (TPSA) is 82.8 Å². The second-order valence-corrected chi connectivity index (χ2v) is 4.64. The summed E-state index contributed by atoms with van der Waals surface area (Å²) in [4.78, 5) is 11.0. The lowest BCUT2D eigenvalue weighted by Gasteiger charge is -2.13. The van der Waals surface area contributed by atoms with Crippen molar-refractivity contribution in [2.45, 2.75) is 13.0 Å². The first-order chi connectivity index (χ1) is 10.5. The Kier molecular flexibility index (Phi) is 4.55. The van der Waals surface area contributed by atoms with E-state index in [1.54, 1.807) is 31.5 Å². The Labute approximate surface area is 128 Å². The van der Waals surface area contributed by atoms with Gasteiger partial charge in [-0.25, -0.2) is 4.79 Å². The minimum atomic E-state index is -0.945. The van der Waals surface area contributed by atoms with Crippen molar-refractivity contribution >= 4 is 5.97 Å². The zero-order valence-corrected chi connectivity index (χ0v) is 12.9. The van der Waals surface area contributed by atoms with E-state index in [0.29, 0.717) is 17.2 Å². The molecule has 0 saturated carbocycles. The fourth-order valence-corrected chi connectivity index (χ4v) is 2.06. The van der Waals surface area contributed by atoms with Gasteiger partial charge in [-0.15, -0.1) is 0 Å². The molecule has 0 radical (unpaired) electrons. The van der Waals surface area contributed by atoms with Crippen LogP contribution >= 0.6 is 0 Å². The Balaban J connectivity index is 2.47. The van der Waals surface area contributed by atoms with Crippen LogP contribution < -0.4 is 14.2 Å². The number of aliphatic carboxylic acids is 1. The molecule has 22 heavy (non-hydrogen) atoms. The number of methoxy groups -OCH3 is 3. The van der Waals surface area contributed by atoms with E-state index < -0.39 is 12.0 Å². The van der Waals surface area contributed by atoms with Gasteiger partial charge in [0.05, 0.1) is 27.5 Å². The van der Waals surface area contributed by atoms with Gasteiger partial charge in [0.2, 0.25) is 5.75 Å². The highest BCUT2D eigenvalue weighted by molar-refractivity contribution is 5.73. The molecule has 0 spiro atoms. The van der Waals surface area contributed by atoms with Crippen molar-refractivity contribution in [1.29, 1.82) is 0 Å². The van der Waals surface area contributed by atoms with Crippen LogP contribution in [-0.4, -0.2) is 42.2 Å². The van der Waals surface area contributed by atoms with E-state index in [1.807, 2.05) is 0 Å². The van der Waals surface area contributed by atoms with Gasteiger partial charge in [-0.3, -0.25) is 4.68 Å². The molecule has 0 amide bonds. The Morgan fingerprint density at radius 1 is 1.14 bits per heavy atom. The Hall–Kier alpha value is -2.70. The number of carboxylic acid groups (broad SMARTS) is 1. The van der Waals surface area contributed by atoms with Crippen LogP contribution in [-0.2, 0) is 4.79 Å². The van der Waals surface area contributed by atoms with Gasteiger partial charge >= 0.3 is 5.97 Å². The molecule has 7 nitrogen and oxygen atoms in total. The average Bonchev–Trinajstić information content (AvgIpc) is 3.02. The quantitative estimate of drug-likeness (QED) is 0.881. The molecule has 0 fully saturated rings. The number of nitrogens with zero attached hydrogens (tertiary/aromatic N) is 2. The molecule has 0 aliphatic carbocycles. The molecular weight excluding hydrogens is 288 g/mol. The Bertz CT molecular complexity index is 655. The molecule has 2 rings (SSSR count). The number of aromatic nitrogens is 2. The average molecular weight is 306 g/mol. The van der Waals surface area contributed by atoms with Gasteiger partial charge in [0.15, 0.2) is 11.5 Å². The van der Waals surface area contributed by atoms with Crippen molar-refractivity contribution in [2.24, 2.45) is 0 Å². The molecule has 0 unspecified atom stereocenters. The third kappa shape index (κ3) is 2.83. The van der Waals surface area contributed by atoms with E-state index in [4.69, 9.17) is 19.3 Å². The number of hydrogen-bond donors (Lipinski definition) is 1. The number of carboxylic acids is 1. The molecule has 0 aliphatic rings. The summed E-state index contributed by atoms with van der Waals surface area (Å²) in [6, 6.07) is 2.83. The van der Waals surface area contributed by atoms with E-state index in [9.17, 15) is 4.79 Å². The smallest absolute Gasteiger partial charge is 0.328 e. The van der Waals surface area contributed by atoms with Gasteiger partial charge in [0.25, 0.3) is 0 Å². The van der Waals surface area contributed by atoms with Gasteiger partial charge in [-0.2, -0.15) is 5.10 Å². The van der Waals surface area contributed by atoms with E-state index in [2.05, 4.69) is 5.10 Å². The molecular formula is C15H18N2O5. The van der Waals surface area contributed by atoms with Gasteiger partial charge in [-0.1, -0.05) is 0 Å². The second-order valence-electron chi connectivity index (χ2n) is 4.64. The standard InChI is InChI=1S/C15H18N2O5/c1-9(15(18)19)17-8-11(7-16-17)10-5-12(20-2)14(22-4)13(6-10)21-3/h5-9H,1-4H3,(H,18,19)/t9-/m1/s1. The predicted octanol–water partition coefficient (Wildman–Crippen LogP) is 2.22. The lowest BCUT2D eigenvalue weighted by Crippen LogP contribution is -2.15. The van der Waals surface area contributed by atoms with Crippen molar-refractivity contribution < 1.29 is 24.1 Å². The molecule has 2 aromatic rings. The van der Waals surface area contributed by atoms with Crippen LogP contribution in [0.3, 0.4) is 0 Å². The summed E-state index contributed by atoms with van der Waals surface area (Å²) in [7, 11) is 4.61. The fourth-order valence-electron chi connectivity index (χ4n) is 2.06. The summed E-state index contributed by atoms with van der Waals surface area (Å²) >= 11 is 0. The monoisotopic (exact) mass is 306 g/mol. The van der Waals surface area contributed by atoms with Gasteiger partial charge in [0.1, 0.15) is 6.04 Å². The number of ether oxygens (including phenoxy) is 3. The Morgan fingerprint density at radius 3 is 2.18 bits per heavy atom. The fraction of sp³-hybridized carbons (Fsp3) is 0.333. The summed E-state index contributed by atoms with van der Waals surface area (Å²) in [5.41, 5.74) is 1.55. The zero-order chi connectivity index (χ0) is 16.3. The third-order valence-electron chi connectivity index (χ3n) is 3.35. The molecule has 7 heteroatoms. The first-order valence-electron chi connectivity index (χ1n) is 6.59. The highest BCUT2D eigenvalue weighted by Gasteiger charge is 2.17. The number of rotatable bonds is 6. The molecule has 1 aromatic heterocycles. The van der Waals surface area contributed by atoms with Crippen molar-refractivity contribution in [3.05, 3.63) is 24.5 Å². The lowest BCUT2D eigenvalue weighted by atomic mass is 10.1.